The molecule has 4 aromatic rings. The second-order valence-corrected chi connectivity index (χ2v) is 13.4. The molecule has 11 heteroatoms. The van der Waals surface area contributed by atoms with Crippen LogP contribution in [0.3, 0.4) is 0 Å². The quantitative estimate of drug-likeness (QED) is 0.140. The molecule has 0 aromatic carbocycles. The Morgan fingerprint density at radius 3 is 1.16 bits per heavy atom. The van der Waals surface area contributed by atoms with Gasteiger partial charge >= 0.3 is 5.97 Å². The molecule has 0 saturated heterocycles. The van der Waals surface area contributed by atoms with Crippen LogP contribution in [0.15, 0.2) is 189 Å². The van der Waals surface area contributed by atoms with E-state index in [4.69, 9.17) is 24.7 Å². The van der Waals surface area contributed by atoms with Gasteiger partial charge in [-0.1, -0.05) is 0 Å². The van der Waals surface area contributed by atoms with Crippen molar-refractivity contribution in [3.05, 3.63) is 192 Å². The molecule has 5 aliphatic rings. The average molecular weight is 812 g/mol. The van der Waals surface area contributed by atoms with Crippen molar-refractivity contribution in [3.63, 3.8) is 0 Å². The number of carbonyl (C=O) groups is 1. The van der Waals surface area contributed by atoms with E-state index >= 15 is 0 Å². The number of hydrogen-bond acceptors (Lipinski definition) is 9. The Morgan fingerprint density at radius 2 is 0.825 bits per heavy atom. The normalized spacial score (nSPS) is 16.6. The molecule has 0 saturated carbocycles. The highest BCUT2D eigenvalue weighted by molar-refractivity contribution is 6.39. The molecular formula is C46H35BrN8O2. The Hall–Kier alpha value is -6.85. The lowest BCUT2D eigenvalue weighted by molar-refractivity contribution is -0.697. The molecule has 0 unspecified atom stereocenters. The lowest BCUT2D eigenvalue weighted by Crippen LogP contribution is -3.00. The first-order chi connectivity index (χ1) is 27.6. The summed E-state index contributed by atoms with van der Waals surface area (Å²) < 4.78 is 6.93. The van der Waals surface area contributed by atoms with Crippen LogP contribution >= 0.6 is 0 Å². The van der Waals surface area contributed by atoms with Crippen LogP contribution < -0.4 is 21.5 Å². The van der Waals surface area contributed by atoms with Crippen molar-refractivity contribution in [2.24, 2.45) is 20.0 Å². The number of aromatic nitrogens is 4. The van der Waals surface area contributed by atoms with Crippen molar-refractivity contribution in [1.29, 1.82) is 0 Å². The predicted octanol–water partition coefficient (Wildman–Crippen LogP) is 4.51. The van der Waals surface area contributed by atoms with Gasteiger partial charge in [-0.05, 0) is 114 Å². The Morgan fingerprint density at radius 1 is 0.491 bits per heavy atom. The number of hydrogen-bond donors (Lipinski definition) is 0. The molecule has 0 radical (unpaired) electrons. The molecule has 8 bridgehead atoms. The van der Waals surface area contributed by atoms with Crippen LogP contribution in [0.25, 0.3) is 22.3 Å². The molecule has 0 atom stereocenters. The maximum absolute atomic E-state index is 11.6. The van der Waals surface area contributed by atoms with Gasteiger partial charge in [0, 0.05) is 84.4 Å². The van der Waals surface area contributed by atoms with Gasteiger partial charge < -0.3 is 21.7 Å². The number of rotatable bonds is 9. The summed E-state index contributed by atoms with van der Waals surface area (Å²) in [7, 11) is 1.42. The van der Waals surface area contributed by atoms with E-state index in [1.165, 1.54) is 7.11 Å². The summed E-state index contributed by atoms with van der Waals surface area (Å²) in [6.45, 7) is 0.780. The van der Waals surface area contributed by atoms with E-state index in [-0.39, 0.29) is 23.0 Å². The van der Waals surface area contributed by atoms with Crippen molar-refractivity contribution in [2.75, 3.05) is 7.11 Å². The van der Waals surface area contributed by atoms with Crippen molar-refractivity contribution >= 4 is 51.1 Å². The van der Waals surface area contributed by atoms with Crippen molar-refractivity contribution in [3.8, 4) is 0 Å². The number of pyridine rings is 4. The summed E-state index contributed by atoms with van der Waals surface area (Å²) in [6, 6.07) is 16.1. The summed E-state index contributed by atoms with van der Waals surface area (Å²) in [5, 5.41) is 0. The van der Waals surface area contributed by atoms with Crippen LogP contribution in [0, 0.1) is 0 Å². The molecule has 0 aliphatic carbocycles. The minimum Gasteiger partial charge on any atom is -1.00 e. The minimum atomic E-state index is -0.184. The van der Waals surface area contributed by atoms with Gasteiger partial charge in [-0.25, -0.2) is 24.5 Å². The number of allylic oxidation sites excluding steroid dienone is 12. The molecule has 9 heterocycles. The van der Waals surface area contributed by atoms with E-state index in [9.17, 15) is 4.79 Å². The highest BCUT2D eigenvalue weighted by Gasteiger charge is 2.27. The molecule has 10 nitrogen and oxygen atoms in total. The van der Waals surface area contributed by atoms with Crippen LogP contribution in [0.1, 0.15) is 41.5 Å². The van der Waals surface area contributed by atoms with Crippen LogP contribution in [0.5, 0.6) is 0 Å². The SMILES string of the molecule is COC(=O)CCCC[n+]1ccc(C2=C3C=CC(=N3)C(c3ccncc3)=C3C=CC(=N3)C(c3ccncc3)=C3C=CC(=N3)C(c3ccncc3)=C3C=CC2=N3)cc1.[Br-]. The van der Waals surface area contributed by atoms with Crippen molar-refractivity contribution in [1.82, 2.24) is 15.0 Å². The third kappa shape index (κ3) is 7.57. The van der Waals surface area contributed by atoms with Gasteiger partial charge in [-0.2, -0.15) is 0 Å². The highest BCUT2D eigenvalue weighted by Crippen LogP contribution is 2.38. The van der Waals surface area contributed by atoms with E-state index in [1.54, 1.807) is 37.2 Å². The summed E-state index contributed by atoms with van der Waals surface area (Å²) in [4.78, 5) is 45.7. The zero-order chi connectivity index (χ0) is 37.8. The number of ether oxygens (including phenoxy) is 1. The number of methoxy groups -OCH3 is 1. The van der Waals surface area contributed by atoms with Crippen LogP contribution in [-0.2, 0) is 16.1 Å². The van der Waals surface area contributed by atoms with Gasteiger partial charge in [0.25, 0.3) is 0 Å². The molecule has 5 aliphatic heterocycles. The minimum absolute atomic E-state index is 0. The first-order valence-electron chi connectivity index (χ1n) is 18.5. The summed E-state index contributed by atoms with van der Waals surface area (Å²) in [6.07, 6.45) is 33.3. The van der Waals surface area contributed by atoms with E-state index in [2.05, 4.69) is 68.3 Å². The monoisotopic (exact) mass is 810 g/mol. The average Bonchev–Trinajstić information content (AvgIpc) is 4.09. The summed E-state index contributed by atoms with van der Waals surface area (Å²) in [5.41, 5.74) is 13.7. The molecule has 0 N–H and O–H groups in total. The third-order valence-electron chi connectivity index (χ3n) is 9.97. The Balaban J connectivity index is 0.00000455. The fourth-order valence-electron chi connectivity index (χ4n) is 7.27. The molecular weight excluding hydrogens is 776 g/mol. The Labute approximate surface area is 340 Å². The third-order valence-corrected chi connectivity index (χ3v) is 9.97. The number of aryl methyl sites for hydroxylation is 1. The maximum atomic E-state index is 11.6. The highest BCUT2D eigenvalue weighted by atomic mass is 79.9. The fraction of sp³-hybridized carbons (Fsp3) is 0.109. The van der Waals surface area contributed by atoms with E-state index in [1.807, 2.05) is 60.7 Å². The number of halogens is 1. The van der Waals surface area contributed by atoms with Crippen LogP contribution in [0.4, 0.5) is 0 Å². The first kappa shape index (κ1) is 37.1. The van der Waals surface area contributed by atoms with Crippen LogP contribution in [0.2, 0.25) is 0 Å². The molecule has 4 aromatic heterocycles. The van der Waals surface area contributed by atoms with Gasteiger partial charge in [0.15, 0.2) is 12.4 Å². The second kappa shape index (κ2) is 16.5. The van der Waals surface area contributed by atoms with Gasteiger partial charge in [-0.15, -0.1) is 0 Å². The number of fused-ring (bicyclic) bond motifs is 4. The van der Waals surface area contributed by atoms with Crippen LogP contribution in [-0.4, -0.2) is 50.9 Å². The zero-order valence-electron chi connectivity index (χ0n) is 31.0. The van der Waals surface area contributed by atoms with E-state index < -0.39 is 0 Å². The smallest absolute Gasteiger partial charge is 0.305 e. The standard InChI is InChI=1S/C46H35N8O2.BrH/c1-56-42(55)4-2-3-27-54-28-19-33(20-29-54)46-40-11-9-38(52-40)44(31-15-23-48-24-16-31)36-7-5-34(50-36)43(30-13-21-47-22-14-30)35-6-8-37(51-35)45(32-17-25-49-26-18-32)39-10-12-41(46)53-39;/h5-26,28-29H,2-4,27H2,1H3;1H/q+1;/p-1. The van der Waals surface area contributed by atoms with Gasteiger partial charge in [-0.3, -0.25) is 19.7 Å². The molecule has 278 valence electrons. The number of unbranched alkanes of at least 4 members (excludes halogenated alkanes) is 1. The lowest BCUT2D eigenvalue weighted by atomic mass is 9.99. The molecule has 0 amide bonds. The lowest BCUT2D eigenvalue weighted by Gasteiger charge is -2.12. The van der Waals surface area contributed by atoms with Gasteiger partial charge in [0.2, 0.25) is 0 Å². The first-order valence-corrected chi connectivity index (χ1v) is 18.5. The fourth-order valence-corrected chi connectivity index (χ4v) is 7.27. The van der Waals surface area contributed by atoms with E-state index in [0.29, 0.717) is 6.42 Å². The number of carbonyl (C=O) groups excluding carboxylic acids is 1. The second-order valence-electron chi connectivity index (χ2n) is 13.4. The van der Waals surface area contributed by atoms with Gasteiger partial charge in [0.1, 0.15) is 6.54 Å². The zero-order valence-corrected chi connectivity index (χ0v) is 32.5. The molecule has 0 fully saturated rings. The largest absolute Gasteiger partial charge is 1.00 e. The number of aliphatic imine (C=N–C) groups is 4. The van der Waals surface area contributed by atoms with Gasteiger partial charge in [0.05, 0.1) is 52.7 Å². The van der Waals surface area contributed by atoms with Crippen molar-refractivity contribution in [2.45, 2.75) is 25.8 Å². The Kier molecular flexibility index (Phi) is 10.7. The molecule has 0 spiro atoms. The number of esters is 1. The summed E-state index contributed by atoms with van der Waals surface area (Å²) >= 11 is 0. The van der Waals surface area contributed by atoms with Crippen molar-refractivity contribution < 1.29 is 31.1 Å². The molecule has 57 heavy (non-hydrogen) atoms. The predicted molar refractivity (Wildman–Crippen MR) is 219 cm³/mol. The topological polar surface area (TPSA) is 118 Å². The Bertz CT molecular complexity index is 2610. The number of nitrogens with zero attached hydrogens (tertiary/aromatic N) is 8. The van der Waals surface area contributed by atoms with E-state index in [0.717, 1.165) is 110 Å². The molecule has 9 rings (SSSR count). The summed E-state index contributed by atoms with van der Waals surface area (Å²) in [5.74, 6) is -0.184. The maximum Gasteiger partial charge on any atom is 0.305 e.